The number of nitrogens with zero attached hydrogens (tertiary/aromatic N) is 3. The monoisotopic (exact) mass is 280 g/mol. The highest BCUT2D eigenvalue weighted by Gasteiger charge is 2.14. The summed E-state index contributed by atoms with van der Waals surface area (Å²) in [6.45, 7) is 0. The Bertz CT molecular complexity index is 800. The molecule has 0 spiro atoms. The molecule has 0 atom stereocenters. The number of fused-ring (bicyclic) bond motifs is 1. The second kappa shape index (κ2) is 4.37. The van der Waals surface area contributed by atoms with Crippen LogP contribution in [0.1, 0.15) is 0 Å². The second-order valence-corrected chi connectivity index (χ2v) is 3.91. The molecule has 0 aliphatic heterocycles. The molecule has 0 bridgehead atoms. The van der Waals surface area contributed by atoms with Crippen LogP contribution in [0.4, 0.5) is 30.6 Å². The predicted octanol–water partition coefficient (Wildman–Crippen LogP) is 2.10. The number of benzene rings is 1. The molecule has 0 fully saturated rings. The van der Waals surface area contributed by atoms with Crippen LogP contribution >= 0.6 is 0 Å². The fourth-order valence-electron chi connectivity index (χ4n) is 1.72. The SMILES string of the molecule is Nc1nc(Nc2cc(F)cc(F)c2F)c2[nH]cnc2n1. The summed E-state index contributed by atoms with van der Waals surface area (Å²) < 4.78 is 39.9. The maximum Gasteiger partial charge on any atom is 0.224 e. The van der Waals surface area contributed by atoms with Crippen molar-refractivity contribution in [1.29, 1.82) is 0 Å². The topological polar surface area (TPSA) is 92.5 Å². The zero-order chi connectivity index (χ0) is 14.3. The number of hydrogen-bond acceptors (Lipinski definition) is 5. The minimum absolute atomic E-state index is 0.0638. The van der Waals surface area contributed by atoms with Gasteiger partial charge in [0.15, 0.2) is 23.1 Å². The van der Waals surface area contributed by atoms with Crippen molar-refractivity contribution in [3.05, 3.63) is 35.9 Å². The molecule has 0 aliphatic carbocycles. The van der Waals surface area contributed by atoms with E-state index < -0.39 is 23.1 Å². The first-order valence-corrected chi connectivity index (χ1v) is 5.43. The number of H-pyrrole nitrogens is 1. The molecule has 0 saturated heterocycles. The number of nitrogens with one attached hydrogen (secondary N) is 2. The highest BCUT2D eigenvalue weighted by Crippen LogP contribution is 2.25. The summed E-state index contributed by atoms with van der Waals surface area (Å²) in [5.41, 5.74) is 5.66. The molecule has 102 valence electrons. The minimum Gasteiger partial charge on any atom is -0.368 e. The van der Waals surface area contributed by atoms with Crippen LogP contribution in [0.15, 0.2) is 18.5 Å². The van der Waals surface area contributed by atoms with Crippen molar-refractivity contribution in [2.24, 2.45) is 0 Å². The van der Waals surface area contributed by atoms with Crippen molar-refractivity contribution in [2.75, 3.05) is 11.1 Å². The summed E-state index contributed by atoms with van der Waals surface area (Å²) in [6, 6.07) is 1.25. The lowest BCUT2D eigenvalue weighted by molar-refractivity contribution is 0.498. The van der Waals surface area contributed by atoms with Crippen molar-refractivity contribution in [3.63, 3.8) is 0 Å². The zero-order valence-corrected chi connectivity index (χ0v) is 9.78. The zero-order valence-electron chi connectivity index (χ0n) is 9.78. The van der Waals surface area contributed by atoms with Crippen LogP contribution in [-0.2, 0) is 0 Å². The third-order valence-electron chi connectivity index (χ3n) is 2.55. The standard InChI is InChI=1S/C11H7F3N6/c12-4-1-5(13)7(14)6(2-4)18-10-8-9(17-3-16-8)19-11(15)20-10/h1-3H,(H4,15,16,17,18,19,20). The molecule has 0 saturated carbocycles. The number of imidazole rings is 1. The quantitative estimate of drug-likeness (QED) is 0.625. The molecule has 0 amide bonds. The Morgan fingerprint density at radius 3 is 2.75 bits per heavy atom. The van der Waals surface area contributed by atoms with Gasteiger partial charge in [-0.3, -0.25) is 0 Å². The predicted molar refractivity (Wildman–Crippen MR) is 65.7 cm³/mol. The van der Waals surface area contributed by atoms with Gasteiger partial charge in [-0.05, 0) is 0 Å². The number of halogens is 3. The van der Waals surface area contributed by atoms with Crippen LogP contribution in [-0.4, -0.2) is 19.9 Å². The number of hydrogen-bond donors (Lipinski definition) is 3. The largest absolute Gasteiger partial charge is 0.368 e. The Balaban J connectivity index is 2.12. The number of aromatic nitrogens is 4. The van der Waals surface area contributed by atoms with Gasteiger partial charge in [0, 0.05) is 12.1 Å². The van der Waals surface area contributed by atoms with Crippen LogP contribution in [0, 0.1) is 17.5 Å². The third kappa shape index (κ3) is 1.98. The Kier molecular flexibility index (Phi) is 2.67. The molecule has 0 radical (unpaired) electrons. The molecule has 20 heavy (non-hydrogen) atoms. The molecular formula is C11H7F3N6. The summed E-state index contributed by atoms with van der Waals surface area (Å²) in [7, 11) is 0. The molecule has 6 nitrogen and oxygen atoms in total. The lowest BCUT2D eigenvalue weighted by Gasteiger charge is -2.08. The molecule has 2 heterocycles. The Labute approximate surface area is 109 Å². The fourth-order valence-corrected chi connectivity index (χ4v) is 1.72. The molecule has 3 aromatic rings. The van der Waals surface area contributed by atoms with Gasteiger partial charge in [-0.15, -0.1) is 0 Å². The smallest absolute Gasteiger partial charge is 0.224 e. The van der Waals surface area contributed by atoms with Crippen LogP contribution in [0.3, 0.4) is 0 Å². The van der Waals surface area contributed by atoms with E-state index in [-0.39, 0.29) is 17.4 Å². The van der Waals surface area contributed by atoms with E-state index in [2.05, 4.69) is 25.3 Å². The van der Waals surface area contributed by atoms with Crippen molar-refractivity contribution in [2.45, 2.75) is 0 Å². The summed E-state index contributed by atoms with van der Waals surface area (Å²) in [5.74, 6) is -3.50. The molecule has 2 aromatic heterocycles. The number of nitrogens with two attached hydrogens (primary N) is 1. The van der Waals surface area contributed by atoms with Crippen LogP contribution in [0.5, 0.6) is 0 Å². The minimum atomic E-state index is -1.31. The van der Waals surface area contributed by atoms with Gasteiger partial charge in [0.25, 0.3) is 0 Å². The van der Waals surface area contributed by atoms with Gasteiger partial charge in [0.1, 0.15) is 11.3 Å². The maximum absolute atomic E-state index is 13.6. The van der Waals surface area contributed by atoms with Crippen molar-refractivity contribution in [3.8, 4) is 0 Å². The first kappa shape index (κ1) is 12.2. The van der Waals surface area contributed by atoms with Crippen LogP contribution in [0.25, 0.3) is 11.2 Å². The van der Waals surface area contributed by atoms with Crippen molar-refractivity contribution >= 4 is 28.6 Å². The second-order valence-electron chi connectivity index (χ2n) is 3.91. The first-order valence-electron chi connectivity index (χ1n) is 5.43. The van der Waals surface area contributed by atoms with E-state index in [0.29, 0.717) is 11.6 Å². The average Bonchev–Trinajstić information content (AvgIpc) is 2.83. The number of anilines is 3. The molecule has 4 N–H and O–H groups in total. The number of aromatic amines is 1. The number of rotatable bonds is 2. The van der Waals surface area contributed by atoms with Gasteiger partial charge in [-0.1, -0.05) is 0 Å². The first-order chi connectivity index (χ1) is 9.54. The van der Waals surface area contributed by atoms with E-state index >= 15 is 0 Å². The molecule has 0 unspecified atom stereocenters. The summed E-state index contributed by atoms with van der Waals surface area (Å²) in [6.07, 6.45) is 1.34. The van der Waals surface area contributed by atoms with E-state index in [1.807, 2.05) is 0 Å². The van der Waals surface area contributed by atoms with Crippen molar-refractivity contribution in [1.82, 2.24) is 19.9 Å². The maximum atomic E-state index is 13.6. The highest BCUT2D eigenvalue weighted by atomic mass is 19.2. The van der Waals surface area contributed by atoms with Gasteiger partial charge < -0.3 is 16.0 Å². The highest BCUT2D eigenvalue weighted by molar-refractivity contribution is 5.85. The summed E-state index contributed by atoms with van der Waals surface area (Å²) in [4.78, 5) is 14.3. The average molecular weight is 280 g/mol. The van der Waals surface area contributed by atoms with Gasteiger partial charge in [-0.2, -0.15) is 9.97 Å². The van der Waals surface area contributed by atoms with E-state index in [1.165, 1.54) is 6.33 Å². The fraction of sp³-hybridized carbons (Fsp3) is 0. The van der Waals surface area contributed by atoms with E-state index in [0.717, 1.165) is 6.07 Å². The van der Waals surface area contributed by atoms with E-state index in [9.17, 15) is 13.2 Å². The van der Waals surface area contributed by atoms with Crippen LogP contribution < -0.4 is 11.1 Å². The summed E-state index contributed by atoms with van der Waals surface area (Å²) in [5, 5.41) is 2.47. The lowest BCUT2D eigenvalue weighted by atomic mass is 10.2. The number of nitrogen functional groups attached to an aromatic ring is 1. The lowest BCUT2D eigenvalue weighted by Crippen LogP contribution is -2.03. The Hall–Kier alpha value is -2.84. The molecule has 3 rings (SSSR count). The van der Waals surface area contributed by atoms with E-state index in [4.69, 9.17) is 5.73 Å². The summed E-state index contributed by atoms with van der Waals surface area (Å²) >= 11 is 0. The van der Waals surface area contributed by atoms with Crippen molar-refractivity contribution < 1.29 is 13.2 Å². The van der Waals surface area contributed by atoms with Gasteiger partial charge in [-0.25, -0.2) is 18.2 Å². The molecular weight excluding hydrogens is 273 g/mol. The normalized spacial score (nSPS) is 10.9. The Morgan fingerprint density at radius 1 is 1.15 bits per heavy atom. The Morgan fingerprint density at radius 2 is 1.95 bits per heavy atom. The molecule has 1 aromatic carbocycles. The van der Waals surface area contributed by atoms with Gasteiger partial charge in [0.2, 0.25) is 5.95 Å². The molecule has 9 heteroatoms. The van der Waals surface area contributed by atoms with Crippen LogP contribution in [0.2, 0.25) is 0 Å². The molecule has 0 aliphatic rings. The third-order valence-corrected chi connectivity index (χ3v) is 2.55. The van der Waals surface area contributed by atoms with Gasteiger partial charge >= 0.3 is 0 Å². The van der Waals surface area contributed by atoms with Gasteiger partial charge in [0.05, 0.1) is 12.0 Å². The van der Waals surface area contributed by atoms with E-state index in [1.54, 1.807) is 0 Å².